The van der Waals surface area contributed by atoms with Crippen molar-refractivity contribution in [2.45, 2.75) is 25.3 Å². The number of nitrogens with zero attached hydrogens (tertiary/aromatic N) is 2. The molecule has 6 heteroatoms. The Morgan fingerprint density at radius 3 is 2.44 bits per heavy atom. The highest BCUT2D eigenvalue weighted by molar-refractivity contribution is 6.31. The zero-order valence-electron chi connectivity index (χ0n) is 13.4. The summed E-state index contributed by atoms with van der Waals surface area (Å²) in [4.78, 5) is 23.2. The molecule has 0 saturated carbocycles. The molecule has 5 nitrogen and oxygen atoms in total. The van der Waals surface area contributed by atoms with Crippen LogP contribution in [-0.4, -0.2) is 22.6 Å². The van der Waals surface area contributed by atoms with E-state index in [-0.39, 0.29) is 24.8 Å². The molecule has 0 spiro atoms. The first kappa shape index (κ1) is 17.2. The van der Waals surface area contributed by atoms with E-state index in [1.165, 1.54) is 5.01 Å². The molecule has 0 aliphatic carbocycles. The maximum atomic E-state index is 12.5. The number of hydrogen-bond acceptors (Lipinski definition) is 4. The molecule has 25 heavy (non-hydrogen) atoms. The van der Waals surface area contributed by atoms with Crippen molar-refractivity contribution in [2.75, 3.05) is 0 Å². The smallest absolute Gasteiger partial charge is 0.243 e. The maximum absolute atomic E-state index is 12.5. The van der Waals surface area contributed by atoms with Crippen molar-refractivity contribution in [3.63, 3.8) is 0 Å². The summed E-state index contributed by atoms with van der Waals surface area (Å²) >= 11 is 6.30. The van der Waals surface area contributed by atoms with Crippen LogP contribution in [0.5, 0.6) is 0 Å². The number of carboxylic acids is 1. The fourth-order valence-corrected chi connectivity index (χ4v) is 3.12. The number of carbonyl (C=O) groups excluding carboxylic acids is 2. The molecule has 2 aromatic carbocycles. The summed E-state index contributed by atoms with van der Waals surface area (Å²) in [6.07, 6.45) is 0.0282. The SMILES string of the molecule is O=C([O-])CCC(=O)N1N=C(c2ccccc2)CC1c1ccccc1Cl. The number of hydrazone groups is 1. The zero-order valence-corrected chi connectivity index (χ0v) is 14.1. The van der Waals surface area contributed by atoms with E-state index in [1.807, 2.05) is 48.5 Å². The Morgan fingerprint density at radius 1 is 1.08 bits per heavy atom. The third kappa shape index (κ3) is 3.88. The maximum Gasteiger partial charge on any atom is 0.243 e. The highest BCUT2D eigenvalue weighted by Gasteiger charge is 2.33. The van der Waals surface area contributed by atoms with E-state index < -0.39 is 5.97 Å². The van der Waals surface area contributed by atoms with E-state index in [0.717, 1.165) is 16.8 Å². The summed E-state index contributed by atoms with van der Waals surface area (Å²) in [7, 11) is 0. The van der Waals surface area contributed by atoms with Gasteiger partial charge in [-0.15, -0.1) is 0 Å². The van der Waals surface area contributed by atoms with Gasteiger partial charge in [-0.25, -0.2) is 5.01 Å². The first-order valence-corrected chi connectivity index (χ1v) is 8.33. The van der Waals surface area contributed by atoms with Crippen LogP contribution in [0.3, 0.4) is 0 Å². The average Bonchev–Trinajstić information content (AvgIpc) is 3.06. The van der Waals surface area contributed by atoms with Crippen LogP contribution in [0.4, 0.5) is 0 Å². The second kappa shape index (κ2) is 7.49. The third-order valence-electron chi connectivity index (χ3n) is 4.08. The van der Waals surface area contributed by atoms with E-state index in [2.05, 4.69) is 5.10 Å². The molecule has 0 saturated heterocycles. The Bertz CT molecular complexity index is 820. The fraction of sp³-hybridized carbons (Fsp3) is 0.211. The summed E-state index contributed by atoms with van der Waals surface area (Å²) in [5.41, 5.74) is 2.49. The van der Waals surface area contributed by atoms with E-state index in [4.69, 9.17) is 11.6 Å². The molecule has 1 aliphatic heterocycles. The number of carbonyl (C=O) groups is 2. The molecular weight excluding hydrogens is 340 g/mol. The van der Waals surface area contributed by atoms with Crippen LogP contribution in [0.2, 0.25) is 5.02 Å². The minimum Gasteiger partial charge on any atom is -0.550 e. The molecule has 128 valence electrons. The summed E-state index contributed by atoms with van der Waals surface area (Å²) in [5, 5.41) is 17.0. The molecule has 0 aromatic heterocycles. The minimum absolute atomic E-state index is 0.158. The minimum atomic E-state index is -1.26. The van der Waals surface area contributed by atoms with Crippen molar-refractivity contribution in [2.24, 2.45) is 5.10 Å². The Morgan fingerprint density at radius 2 is 1.76 bits per heavy atom. The van der Waals surface area contributed by atoms with Crippen molar-refractivity contribution in [1.82, 2.24) is 5.01 Å². The van der Waals surface area contributed by atoms with E-state index in [9.17, 15) is 14.7 Å². The van der Waals surface area contributed by atoms with Gasteiger partial charge >= 0.3 is 0 Å². The highest BCUT2D eigenvalue weighted by atomic mass is 35.5. The second-order valence-electron chi connectivity index (χ2n) is 5.76. The van der Waals surface area contributed by atoms with Crippen molar-refractivity contribution < 1.29 is 14.7 Å². The Kier molecular flexibility index (Phi) is 5.14. The molecule has 0 fully saturated rings. The van der Waals surface area contributed by atoms with Crippen LogP contribution in [-0.2, 0) is 9.59 Å². The molecule has 2 aromatic rings. The van der Waals surface area contributed by atoms with Crippen molar-refractivity contribution >= 4 is 29.2 Å². The number of benzene rings is 2. The van der Waals surface area contributed by atoms with Crippen LogP contribution in [0.15, 0.2) is 59.7 Å². The van der Waals surface area contributed by atoms with Gasteiger partial charge in [-0.1, -0.05) is 60.1 Å². The van der Waals surface area contributed by atoms with Crippen LogP contribution in [0.1, 0.15) is 36.4 Å². The van der Waals surface area contributed by atoms with Crippen LogP contribution < -0.4 is 5.11 Å². The summed E-state index contributed by atoms with van der Waals surface area (Å²) in [5.74, 6) is -1.62. The van der Waals surface area contributed by atoms with Crippen LogP contribution in [0, 0.1) is 0 Å². The lowest BCUT2D eigenvalue weighted by molar-refractivity contribution is -0.305. The number of carboxylic acid groups (broad SMARTS) is 1. The lowest BCUT2D eigenvalue weighted by atomic mass is 9.98. The standard InChI is InChI=1S/C19H17ClN2O3/c20-15-9-5-4-8-14(15)17-12-16(13-6-2-1-3-7-13)21-22(17)18(23)10-11-19(24)25/h1-9,17H,10-12H2,(H,24,25)/p-1. The lowest BCUT2D eigenvalue weighted by Crippen LogP contribution is -2.30. The van der Waals surface area contributed by atoms with Gasteiger partial charge < -0.3 is 9.90 Å². The number of rotatable bonds is 5. The molecule has 0 radical (unpaired) electrons. The third-order valence-corrected chi connectivity index (χ3v) is 4.42. The van der Waals surface area contributed by atoms with Crippen molar-refractivity contribution in [1.29, 1.82) is 0 Å². The van der Waals surface area contributed by atoms with Crippen LogP contribution >= 0.6 is 11.6 Å². The second-order valence-corrected chi connectivity index (χ2v) is 6.17. The largest absolute Gasteiger partial charge is 0.550 e. The van der Waals surface area contributed by atoms with E-state index >= 15 is 0 Å². The summed E-state index contributed by atoms with van der Waals surface area (Å²) < 4.78 is 0. The number of hydrogen-bond donors (Lipinski definition) is 0. The fourth-order valence-electron chi connectivity index (χ4n) is 2.86. The average molecular weight is 356 g/mol. The predicted octanol–water partition coefficient (Wildman–Crippen LogP) is 2.55. The van der Waals surface area contributed by atoms with Gasteiger partial charge in [-0.2, -0.15) is 5.10 Å². The first-order chi connectivity index (χ1) is 12.1. The van der Waals surface area contributed by atoms with Gasteiger partial charge in [0.25, 0.3) is 0 Å². The Labute approximate surface area is 150 Å². The van der Waals surface area contributed by atoms with Gasteiger partial charge in [0.15, 0.2) is 0 Å². The normalized spacial score (nSPS) is 16.6. The molecule has 1 amide bonds. The van der Waals surface area contributed by atoms with E-state index in [1.54, 1.807) is 6.07 Å². The number of halogens is 1. The molecule has 1 unspecified atom stereocenters. The summed E-state index contributed by atoms with van der Waals surface area (Å²) in [6, 6.07) is 16.5. The van der Waals surface area contributed by atoms with Gasteiger partial charge in [0, 0.05) is 23.8 Å². The molecule has 1 aliphatic rings. The molecular formula is C19H16ClN2O3-. The summed E-state index contributed by atoms with van der Waals surface area (Å²) in [6.45, 7) is 0. The van der Waals surface area contributed by atoms with Crippen molar-refractivity contribution in [3.8, 4) is 0 Å². The highest BCUT2D eigenvalue weighted by Crippen LogP contribution is 2.36. The van der Waals surface area contributed by atoms with Gasteiger partial charge in [-0.05, 0) is 23.6 Å². The topological polar surface area (TPSA) is 72.8 Å². The molecule has 0 N–H and O–H groups in total. The zero-order chi connectivity index (χ0) is 17.8. The lowest BCUT2D eigenvalue weighted by Gasteiger charge is -2.23. The van der Waals surface area contributed by atoms with Gasteiger partial charge in [0.2, 0.25) is 5.91 Å². The molecule has 1 heterocycles. The van der Waals surface area contributed by atoms with Crippen LogP contribution in [0.25, 0.3) is 0 Å². The van der Waals surface area contributed by atoms with Gasteiger partial charge in [-0.3, -0.25) is 4.79 Å². The monoisotopic (exact) mass is 355 g/mol. The Hall–Kier alpha value is -2.66. The Balaban J connectivity index is 1.92. The quantitative estimate of drug-likeness (QED) is 0.827. The van der Waals surface area contributed by atoms with Gasteiger partial charge in [0.1, 0.15) is 0 Å². The van der Waals surface area contributed by atoms with Gasteiger partial charge in [0.05, 0.1) is 11.8 Å². The number of amides is 1. The number of aliphatic carboxylic acids is 1. The molecule has 0 bridgehead atoms. The molecule has 1 atom stereocenters. The van der Waals surface area contributed by atoms with E-state index in [0.29, 0.717) is 11.4 Å². The van der Waals surface area contributed by atoms with Crippen molar-refractivity contribution in [3.05, 3.63) is 70.7 Å². The molecule has 3 rings (SSSR count). The predicted molar refractivity (Wildman–Crippen MR) is 92.9 cm³/mol. The first-order valence-electron chi connectivity index (χ1n) is 7.95.